The van der Waals surface area contributed by atoms with Gasteiger partial charge < -0.3 is 35.0 Å². The molecule has 6 atom stereocenters. The van der Waals surface area contributed by atoms with Gasteiger partial charge in [-0.3, -0.25) is 14.4 Å². The largest absolute Gasteiger partial charge is 0.494 e. The summed E-state index contributed by atoms with van der Waals surface area (Å²) in [5.41, 5.74) is 0.192. The quantitative estimate of drug-likeness (QED) is 0.265. The summed E-state index contributed by atoms with van der Waals surface area (Å²) in [6, 6.07) is 13.2. The Morgan fingerprint density at radius 1 is 0.978 bits per heavy atom. The molecule has 2 unspecified atom stereocenters. The molecule has 2 bridgehead atoms. The monoisotopic (exact) mass is 634 g/mol. The third-order valence-corrected chi connectivity index (χ3v) is 10.2. The lowest BCUT2D eigenvalue weighted by molar-refractivity contribution is -0.148. The highest BCUT2D eigenvalue weighted by Gasteiger charge is 2.79. The highest BCUT2D eigenvalue weighted by molar-refractivity contribution is 6.05. The zero-order chi connectivity index (χ0) is 33.2. The summed E-state index contributed by atoms with van der Waals surface area (Å²) in [6.45, 7) is 14.1. The van der Waals surface area contributed by atoms with Gasteiger partial charge in [-0.1, -0.05) is 20.8 Å². The van der Waals surface area contributed by atoms with Gasteiger partial charge in [0, 0.05) is 30.2 Å². The molecule has 1 spiro atoms. The molecule has 3 aliphatic rings. The lowest BCUT2D eigenvalue weighted by Gasteiger charge is -2.38. The Kier molecular flexibility index (Phi) is 9.98. The van der Waals surface area contributed by atoms with Gasteiger partial charge in [-0.25, -0.2) is 0 Å². The molecule has 3 fully saturated rings. The van der Waals surface area contributed by atoms with Crippen LogP contribution in [0.4, 0.5) is 17.1 Å². The molecule has 0 radical (unpaired) electrons. The molecular weight excluding hydrogens is 584 g/mol. The number of carbonyl (C=O) groups is 3. The normalized spacial score (nSPS) is 27.1. The van der Waals surface area contributed by atoms with E-state index in [0.29, 0.717) is 49.4 Å². The van der Waals surface area contributed by atoms with Gasteiger partial charge in [0.05, 0.1) is 36.7 Å². The third-order valence-electron chi connectivity index (χ3n) is 10.2. The number of nitrogens with one attached hydrogen (secondary N) is 2. The molecular formula is C36H50N4O6. The van der Waals surface area contributed by atoms with E-state index in [0.717, 1.165) is 18.8 Å². The van der Waals surface area contributed by atoms with Crippen molar-refractivity contribution < 1.29 is 29.0 Å². The fraction of sp³-hybridized carbons (Fsp3) is 0.583. The molecule has 2 aromatic rings. The zero-order valence-electron chi connectivity index (χ0n) is 28.0. The summed E-state index contributed by atoms with van der Waals surface area (Å²) in [7, 11) is 0. The number of hydrogen-bond donors (Lipinski definition) is 3. The average molecular weight is 635 g/mol. The van der Waals surface area contributed by atoms with Crippen LogP contribution in [0.25, 0.3) is 0 Å². The smallest absolute Gasteiger partial charge is 0.250 e. The maximum atomic E-state index is 14.6. The minimum absolute atomic E-state index is 0.164. The van der Waals surface area contributed by atoms with Crippen LogP contribution in [0.15, 0.2) is 48.5 Å². The van der Waals surface area contributed by atoms with Crippen LogP contribution in [-0.2, 0) is 19.1 Å². The minimum atomic E-state index is -1.19. The highest BCUT2D eigenvalue weighted by Crippen LogP contribution is 2.64. The van der Waals surface area contributed by atoms with Gasteiger partial charge in [0.25, 0.3) is 0 Å². The molecule has 46 heavy (non-hydrogen) atoms. The zero-order valence-corrected chi connectivity index (χ0v) is 28.0. The molecule has 3 heterocycles. The Labute approximate surface area is 272 Å². The van der Waals surface area contributed by atoms with E-state index in [1.165, 1.54) is 0 Å². The van der Waals surface area contributed by atoms with Gasteiger partial charge in [0.1, 0.15) is 17.4 Å². The number of likely N-dealkylation sites (tertiary alicyclic amines) is 1. The van der Waals surface area contributed by atoms with Gasteiger partial charge >= 0.3 is 0 Å². The third kappa shape index (κ3) is 5.86. The van der Waals surface area contributed by atoms with E-state index in [4.69, 9.17) is 9.47 Å². The molecule has 10 heteroatoms. The summed E-state index contributed by atoms with van der Waals surface area (Å²) >= 11 is 0. The molecule has 0 aliphatic carbocycles. The van der Waals surface area contributed by atoms with Crippen molar-refractivity contribution in [3.8, 4) is 5.75 Å². The Morgan fingerprint density at radius 3 is 2.13 bits per heavy atom. The van der Waals surface area contributed by atoms with Crippen molar-refractivity contribution in [2.45, 2.75) is 90.5 Å². The molecule has 5 rings (SSSR count). The van der Waals surface area contributed by atoms with Crippen molar-refractivity contribution in [2.24, 2.45) is 17.8 Å². The van der Waals surface area contributed by atoms with Gasteiger partial charge in [0.2, 0.25) is 17.7 Å². The van der Waals surface area contributed by atoms with Crippen molar-refractivity contribution in [1.29, 1.82) is 0 Å². The summed E-state index contributed by atoms with van der Waals surface area (Å²) in [5.74, 6) is -1.76. The number of fused-ring (bicyclic) bond motifs is 1. The van der Waals surface area contributed by atoms with Crippen LogP contribution in [0.5, 0.6) is 5.75 Å². The Morgan fingerprint density at radius 2 is 1.59 bits per heavy atom. The topological polar surface area (TPSA) is 120 Å². The predicted molar refractivity (Wildman–Crippen MR) is 179 cm³/mol. The molecule has 3 aliphatic heterocycles. The maximum absolute atomic E-state index is 14.6. The Hall–Kier alpha value is -3.63. The molecule has 0 saturated carbocycles. The SMILES string of the molecule is CCOc1ccc(NC(=O)[C@H]2[C@H]3C(=O)N([C@@H](CO)CC(C)C)C(C(=O)Nc4ccc(N(CC)CC)cc4)C34CC[C@]2(CC)O4)cc1. The van der Waals surface area contributed by atoms with Crippen LogP contribution in [0.3, 0.4) is 0 Å². The first-order valence-electron chi connectivity index (χ1n) is 16.9. The predicted octanol–water partition coefficient (Wildman–Crippen LogP) is 5.07. The van der Waals surface area contributed by atoms with Crippen LogP contribution in [0.1, 0.15) is 67.2 Å². The number of aliphatic hydroxyl groups excluding tert-OH is 1. The minimum Gasteiger partial charge on any atom is -0.494 e. The molecule has 250 valence electrons. The van der Waals surface area contributed by atoms with E-state index in [9.17, 15) is 19.5 Å². The number of benzene rings is 2. The molecule has 0 aromatic heterocycles. The summed E-state index contributed by atoms with van der Waals surface area (Å²) in [6.07, 6.45) is 2.06. The van der Waals surface area contributed by atoms with Crippen molar-refractivity contribution in [1.82, 2.24) is 4.90 Å². The number of hydrogen-bond acceptors (Lipinski definition) is 7. The number of carbonyl (C=O) groups excluding carboxylic acids is 3. The first-order valence-corrected chi connectivity index (χ1v) is 16.9. The van der Waals surface area contributed by atoms with Gasteiger partial charge in [-0.15, -0.1) is 0 Å². The van der Waals surface area contributed by atoms with Crippen molar-refractivity contribution in [3.63, 3.8) is 0 Å². The number of rotatable bonds is 14. The second-order valence-corrected chi connectivity index (χ2v) is 13.2. The van der Waals surface area contributed by atoms with E-state index in [-0.39, 0.29) is 30.2 Å². The van der Waals surface area contributed by atoms with Gasteiger partial charge in [-0.2, -0.15) is 0 Å². The van der Waals surface area contributed by atoms with Crippen molar-refractivity contribution in [3.05, 3.63) is 48.5 Å². The standard InChI is InChI=1S/C36H50N4O6/c1-7-35-19-20-36(46-35)30(29(35)32(42)37-25-13-17-28(18-14-25)45-10-4)34(44)40(27(22-41)21-23(5)6)31(36)33(43)38-24-11-15-26(16-12-24)39(8-2)9-3/h11-18,23,27,29-31,41H,7-10,19-22H2,1-6H3,(H,37,42)(H,38,43)/t27-,29-,30+,31?,35+,36?/m1/s1. The van der Waals surface area contributed by atoms with Gasteiger partial charge in [0.15, 0.2) is 0 Å². The lowest BCUT2D eigenvalue weighted by Crippen LogP contribution is -2.56. The van der Waals surface area contributed by atoms with E-state index in [1.54, 1.807) is 29.2 Å². The van der Waals surface area contributed by atoms with Crippen LogP contribution < -0.4 is 20.3 Å². The molecule has 2 aromatic carbocycles. The van der Waals surface area contributed by atoms with Crippen LogP contribution in [0.2, 0.25) is 0 Å². The highest BCUT2D eigenvalue weighted by atomic mass is 16.5. The van der Waals surface area contributed by atoms with Crippen molar-refractivity contribution in [2.75, 3.05) is 41.8 Å². The van der Waals surface area contributed by atoms with Crippen LogP contribution >= 0.6 is 0 Å². The van der Waals surface area contributed by atoms with Crippen LogP contribution in [-0.4, -0.2) is 77.3 Å². The fourth-order valence-electron chi connectivity index (χ4n) is 8.14. The second kappa shape index (κ2) is 13.6. The number of aliphatic hydroxyl groups is 1. The Bertz CT molecular complexity index is 1390. The first kappa shape index (κ1) is 33.7. The lowest BCUT2D eigenvalue weighted by atomic mass is 9.65. The molecule has 3 saturated heterocycles. The van der Waals surface area contributed by atoms with Crippen LogP contribution in [0, 0.1) is 17.8 Å². The van der Waals surface area contributed by atoms with Crippen molar-refractivity contribution >= 4 is 34.8 Å². The average Bonchev–Trinajstić information content (AvgIpc) is 3.65. The number of nitrogens with zero attached hydrogens (tertiary/aromatic N) is 2. The summed E-state index contributed by atoms with van der Waals surface area (Å²) in [4.78, 5) is 46.9. The first-order chi connectivity index (χ1) is 22.1. The summed E-state index contributed by atoms with van der Waals surface area (Å²) < 4.78 is 12.4. The Balaban J connectivity index is 1.49. The number of amides is 3. The fourth-order valence-corrected chi connectivity index (χ4v) is 8.14. The number of anilines is 3. The molecule has 3 amide bonds. The van der Waals surface area contributed by atoms with E-state index >= 15 is 0 Å². The van der Waals surface area contributed by atoms with E-state index < -0.39 is 35.1 Å². The molecule has 10 nitrogen and oxygen atoms in total. The summed E-state index contributed by atoms with van der Waals surface area (Å²) in [5, 5.41) is 16.7. The maximum Gasteiger partial charge on any atom is 0.250 e. The number of ether oxygens (including phenoxy) is 2. The van der Waals surface area contributed by atoms with Gasteiger partial charge in [-0.05, 0) is 101 Å². The van der Waals surface area contributed by atoms with E-state index in [1.807, 2.05) is 52.0 Å². The molecule has 3 N–H and O–H groups in total. The van der Waals surface area contributed by atoms with E-state index in [2.05, 4.69) is 29.4 Å². The second-order valence-electron chi connectivity index (χ2n) is 13.2.